The molecule has 4 aliphatic heterocycles. The van der Waals surface area contributed by atoms with Gasteiger partial charge in [-0.1, -0.05) is 0 Å². The van der Waals surface area contributed by atoms with Gasteiger partial charge in [0, 0.05) is 6.92 Å². The summed E-state index contributed by atoms with van der Waals surface area (Å²) < 4.78 is 39.8. The SMILES string of the molecule is CC(=O)N[C@@H]1[C@@H](O[C@@H]2O[C@H](CO)[C@H](O)[C@H](O)[C@H]2O[C@@H]2O[C@@H](C)[C@@H](O)[C@@H](O)[C@@H]2O)[C@H](O[C@@H]2O[C@H](C)[C@@H](O)[C@@H](O)[C@@H]2O)[C@@H](CO)O[C@H]1O. The number of carbonyl (C=O) groups excluding carboxylic acids is 1. The Morgan fingerprint density at radius 3 is 1.52 bits per heavy atom. The zero-order valence-corrected chi connectivity index (χ0v) is 25.1. The minimum absolute atomic E-state index is 0.704. The highest BCUT2D eigenvalue weighted by molar-refractivity contribution is 5.73. The van der Waals surface area contributed by atoms with Crippen LogP contribution in [0.25, 0.3) is 0 Å². The van der Waals surface area contributed by atoms with Crippen LogP contribution in [0.4, 0.5) is 0 Å². The van der Waals surface area contributed by atoms with Crippen molar-refractivity contribution in [2.45, 2.75) is 144 Å². The van der Waals surface area contributed by atoms with Gasteiger partial charge in [-0.2, -0.15) is 0 Å². The molecule has 4 fully saturated rings. The third kappa shape index (κ3) is 7.64. The standard InChI is InChI=1S/C26H45NO19/c1-6-12(31)15(34)18(37)24(40-6)44-20-10(5-29)42-23(39)11(27-8(3)30)21(20)45-26-22(17(36)14(33)9(4-28)43-26)46-25-19(38)16(35)13(32)7(2)41-25/h6-7,9-26,28-29,31-39H,4-5H2,1-3H3,(H,27,30)/t6-,7+,9-,10-,11-,12-,13-,14+,15-,16-,17+,18+,19+,20-,21-,22-,23-,24+,25+,26+/m1/s1. The molecule has 0 bridgehead atoms. The van der Waals surface area contributed by atoms with Crippen molar-refractivity contribution in [2.24, 2.45) is 0 Å². The van der Waals surface area contributed by atoms with Gasteiger partial charge in [-0.3, -0.25) is 4.79 Å². The second kappa shape index (κ2) is 15.5. The van der Waals surface area contributed by atoms with Crippen LogP contribution in [0.3, 0.4) is 0 Å². The van der Waals surface area contributed by atoms with Crippen molar-refractivity contribution in [2.75, 3.05) is 13.2 Å². The minimum Gasteiger partial charge on any atom is -0.394 e. The fraction of sp³-hybridized carbons (Fsp3) is 0.962. The van der Waals surface area contributed by atoms with Crippen LogP contribution in [0.5, 0.6) is 0 Å². The van der Waals surface area contributed by atoms with Crippen LogP contribution >= 0.6 is 0 Å². The van der Waals surface area contributed by atoms with Crippen LogP contribution in [0.1, 0.15) is 20.8 Å². The van der Waals surface area contributed by atoms with Crippen molar-refractivity contribution in [1.29, 1.82) is 0 Å². The van der Waals surface area contributed by atoms with E-state index in [1.807, 2.05) is 0 Å². The van der Waals surface area contributed by atoms with Gasteiger partial charge in [0.05, 0.1) is 25.4 Å². The summed E-state index contributed by atoms with van der Waals surface area (Å²) in [4.78, 5) is 12.2. The van der Waals surface area contributed by atoms with E-state index in [1.165, 1.54) is 13.8 Å². The van der Waals surface area contributed by atoms with Crippen molar-refractivity contribution in [3.8, 4) is 0 Å². The summed E-state index contributed by atoms with van der Waals surface area (Å²) in [6.45, 7) is 2.15. The summed E-state index contributed by atoms with van der Waals surface area (Å²) in [6.07, 6.45) is -31.2. The van der Waals surface area contributed by atoms with Gasteiger partial charge in [0.25, 0.3) is 0 Å². The molecule has 0 aromatic heterocycles. The summed E-state index contributed by atoms with van der Waals surface area (Å²) in [6, 6.07) is -1.53. The van der Waals surface area contributed by atoms with Crippen LogP contribution in [-0.2, 0) is 38.0 Å². The van der Waals surface area contributed by atoms with E-state index in [2.05, 4.69) is 5.32 Å². The smallest absolute Gasteiger partial charge is 0.217 e. The Labute approximate surface area is 262 Å². The third-order valence-electron chi connectivity index (χ3n) is 8.53. The maximum absolute atomic E-state index is 12.2. The largest absolute Gasteiger partial charge is 0.394 e. The van der Waals surface area contributed by atoms with Crippen LogP contribution in [-0.4, -0.2) is 198 Å². The maximum Gasteiger partial charge on any atom is 0.217 e. The Hall–Kier alpha value is -1.25. The number of nitrogens with one attached hydrogen (secondary N) is 1. The molecule has 0 aromatic rings. The number of rotatable bonds is 9. The molecule has 0 unspecified atom stereocenters. The van der Waals surface area contributed by atoms with E-state index in [4.69, 9.17) is 33.2 Å². The van der Waals surface area contributed by atoms with Crippen molar-refractivity contribution < 1.29 is 94.1 Å². The highest BCUT2D eigenvalue weighted by atomic mass is 16.8. The molecular formula is C26H45NO19. The van der Waals surface area contributed by atoms with Crippen molar-refractivity contribution >= 4 is 5.91 Å². The first-order chi connectivity index (χ1) is 21.6. The molecule has 1 amide bonds. The lowest BCUT2D eigenvalue weighted by molar-refractivity contribution is -0.390. The molecule has 4 aliphatic rings. The van der Waals surface area contributed by atoms with Gasteiger partial charge in [0.15, 0.2) is 25.2 Å². The summed E-state index contributed by atoms with van der Waals surface area (Å²) in [5, 5.41) is 117. The predicted octanol–water partition coefficient (Wildman–Crippen LogP) is -7.55. The lowest BCUT2D eigenvalue weighted by Gasteiger charge is -2.50. The Bertz CT molecular complexity index is 997. The van der Waals surface area contributed by atoms with E-state index in [1.54, 1.807) is 0 Å². The summed E-state index contributed by atoms with van der Waals surface area (Å²) in [5.41, 5.74) is 0. The molecular weight excluding hydrogens is 630 g/mol. The van der Waals surface area contributed by atoms with Crippen LogP contribution < -0.4 is 5.32 Å². The number of amides is 1. The van der Waals surface area contributed by atoms with Gasteiger partial charge in [0.2, 0.25) is 5.91 Å². The normalized spacial score (nSPS) is 51.9. The zero-order chi connectivity index (χ0) is 34.2. The number of hydrogen-bond acceptors (Lipinski definition) is 19. The maximum atomic E-state index is 12.2. The lowest BCUT2D eigenvalue weighted by Crippen LogP contribution is -2.70. The van der Waals surface area contributed by atoms with Crippen LogP contribution in [0.2, 0.25) is 0 Å². The topological polar surface area (TPSA) is 316 Å². The molecule has 0 saturated carbocycles. The van der Waals surface area contributed by atoms with E-state index in [0.29, 0.717) is 0 Å². The van der Waals surface area contributed by atoms with Crippen molar-refractivity contribution in [1.82, 2.24) is 5.32 Å². The second-order valence-corrected chi connectivity index (χ2v) is 11.8. The molecule has 0 spiro atoms. The lowest BCUT2D eigenvalue weighted by atomic mass is 9.94. The van der Waals surface area contributed by atoms with Gasteiger partial charge in [0.1, 0.15) is 85.4 Å². The highest BCUT2D eigenvalue weighted by Crippen LogP contribution is 2.35. The monoisotopic (exact) mass is 675 g/mol. The first kappa shape index (κ1) is 37.6. The quantitative estimate of drug-likeness (QED) is 0.108. The fourth-order valence-electron chi connectivity index (χ4n) is 5.81. The number of carbonyl (C=O) groups is 1. The molecule has 4 saturated heterocycles. The molecule has 46 heavy (non-hydrogen) atoms. The minimum atomic E-state index is -1.93. The average Bonchev–Trinajstić information content (AvgIpc) is 3.01. The summed E-state index contributed by atoms with van der Waals surface area (Å²) in [5.74, 6) is -0.704. The summed E-state index contributed by atoms with van der Waals surface area (Å²) in [7, 11) is 0. The molecule has 4 rings (SSSR count). The zero-order valence-electron chi connectivity index (χ0n) is 25.1. The van der Waals surface area contributed by atoms with Crippen molar-refractivity contribution in [3.63, 3.8) is 0 Å². The van der Waals surface area contributed by atoms with Gasteiger partial charge >= 0.3 is 0 Å². The van der Waals surface area contributed by atoms with Crippen LogP contribution in [0.15, 0.2) is 0 Å². The van der Waals surface area contributed by atoms with E-state index >= 15 is 0 Å². The number of aliphatic hydroxyl groups is 11. The first-order valence-electron chi connectivity index (χ1n) is 14.8. The summed E-state index contributed by atoms with van der Waals surface area (Å²) >= 11 is 0. The number of ether oxygens (including phenoxy) is 7. The molecule has 20 heteroatoms. The van der Waals surface area contributed by atoms with Gasteiger partial charge in [-0.05, 0) is 13.8 Å². The van der Waals surface area contributed by atoms with E-state index in [0.717, 1.165) is 6.92 Å². The molecule has 0 radical (unpaired) electrons. The second-order valence-electron chi connectivity index (χ2n) is 11.8. The highest BCUT2D eigenvalue weighted by Gasteiger charge is 2.56. The molecule has 0 aromatic carbocycles. The molecule has 20 atom stereocenters. The molecule has 20 nitrogen and oxygen atoms in total. The molecule has 0 aliphatic carbocycles. The fourth-order valence-corrected chi connectivity index (χ4v) is 5.81. The Morgan fingerprint density at radius 1 is 0.565 bits per heavy atom. The Balaban J connectivity index is 1.69. The van der Waals surface area contributed by atoms with Gasteiger partial charge in [-0.15, -0.1) is 0 Å². The molecule has 12 N–H and O–H groups in total. The average molecular weight is 676 g/mol. The number of hydrogen-bond donors (Lipinski definition) is 12. The van der Waals surface area contributed by atoms with Crippen LogP contribution in [0, 0.1) is 0 Å². The van der Waals surface area contributed by atoms with E-state index in [9.17, 15) is 61.0 Å². The molecule has 4 heterocycles. The Morgan fingerprint density at radius 2 is 1.04 bits per heavy atom. The van der Waals surface area contributed by atoms with Crippen molar-refractivity contribution in [3.05, 3.63) is 0 Å². The first-order valence-corrected chi connectivity index (χ1v) is 14.8. The predicted molar refractivity (Wildman–Crippen MR) is 143 cm³/mol. The molecule has 268 valence electrons. The number of aliphatic hydroxyl groups excluding tert-OH is 11. The Kier molecular flexibility index (Phi) is 12.7. The van der Waals surface area contributed by atoms with E-state index < -0.39 is 142 Å². The third-order valence-corrected chi connectivity index (χ3v) is 8.53. The van der Waals surface area contributed by atoms with E-state index in [-0.39, 0.29) is 0 Å². The van der Waals surface area contributed by atoms with Gasteiger partial charge in [-0.25, -0.2) is 0 Å². The van der Waals surface area contributed by atoms with Gasteiger partial charge < -0.3 is 94.6 Å².